The third-order valence-electron chi connectivity index (χ3n) is 3.01. The number of thiophene rings is 1. The lowest BCUT2D eigenvalue weighted by molar-refractivity contribution is -0.144. The quantitative estimate of drug-likeness (QED) is 0.890. The molecule has 0 saturated carbocycles. The second-order valence-corrected chi connectivity index (χ2v) is 5.54. The highest BCUT2D eigenvalue weighted by Crippen LogP contribution is 2.26. The molecule has 0 radical (unpaired) electrons. The van der Waals surface area contributed by atoms with Crippen LogP contribution in [0.3, 0.4) is 0 Å². The van der Waals surface area contributed by atoms with Gasteiger partial charge in [-0.15, -0.1) is 11.3 Å². The first-order chi connectivity index (χ1) is 10.0. The normalized spacial score (nSPS) is 13.2. The smallest absolute Gasteiger partial charge is 0.408 e. The SMILES string of the molecule is CC(NC(=O)OCc1ccccc1)(C(=O)O)c1cccs1. The fourth-order valence-electron chi connectivity index (χ4n) is 1.75. The monoisotopic (exact) mass is 305 g/mol. The average molecular weight is 305 g/mol. The van der Waals surface area contributed by atoms with Crippen LogP contribution in [0, 0.1) is 0 Å². The highest BCUT2D eigenvalue weighted by Gasteiger charge is 2.38. The van der Waals surface area contributed by atoms with Crippen LogP contribution in [0.2, 0.25) is 0 Å². The van der Waals surface area contributed by atoms with Gasteiger partial charge in [0.1, 0.15) is 6.61 Å². The predicted octanol–water partition coefficient (Wildman–Crippen LogP) is 2.97. The molecule has 2 rings (SSSR count). The van der Waals surface area contributed by atoms with Crippen molar-refractivity contribution in [3.05, 3.63) is 58.3 Å². The van der Waals surface area contributed by atoms with Gasteiger partial charge in [-0.3, -0.25) is 0 Å². The molecule has 1 amide bonds. The van der Waals surface area contributed by atoms with E-state index in [9.17, 15) is 14.7 Å². The molecule has 110 valence electrons. The standard InChI is InChI=1S/C15H15NO4S/c1-15(13(17)18,12-8-5-9-21-12)16-14(19)20-10-11-6-3-2-4-7-11/h2-9H,10H2,1H3,(H,16,19)(H,17,18). The van der Waals surface area contributed by atoms with Gasteiger partial charge >= 0.3 is 12.1 Å². The van der Waals surface area contributed by atoms with E-state index in [-0.39, 0.29) is 6.61 Å². The number of carboxylic acid groups (broad SMARTS) is 1. The third kappa shape index (κ3) is 3.61. The summed E-state index contributed by atoms with van der Waals surface area (Å²) in [5.41, 5.74) is -0.664. The zero-order chi connectivity index (χ0) is 15.3. The molecule has 2 aromatic rings. The first-order valence-corrected chi connectivity index (χ1v) is 7.16. The van der Waals surface area contributed by atoms with E-state index in [1.165, 1.54) is 18.3 Å². The maximum Gasteiger partial charge on any atom is 0.408 e. The van der Waals surface area contributed by atoms with E-state index in [1.54, 1.807) is 17.5 Å². The number of aliphatic carboxylic acids is 1. The Morgan fingerprint density at radius 2 is 1.95 bits per heavy atom. The molecule has 1 aromatic carbocycles. The number of carbonyl (C=O) groups is 2. The molecule has 21 heavy (non-hydrogen) atoms. The van der Waals surface area contributed by atoms with Crippen molar-refractivity contribution in [3.63, 3.8) is 0 Å². The second-order valence-electron chi connectivity index (χ2n) is 4.59. The van der Waals surface area contributed by atoms with Gasteiger partial charge in [0.25, 0.3) is 0 Å². The van der Waals surface area contributed by atoms with Gasteiger partial charge in [-0.1, -0.05) is 36.4 Å². The Morgan fingerprint density at radius 1 is 1.24 bits per heavy atom. The van der Waals surface area contributed by atoms with E-state index in [2.05, 4.69) is 5.32 Å². The topological polar surface area (TPSA) is 75.6 Å². The molecule has 0 aliphatic heterocycles. The minimum absolute atomic E-state index is 0.0901. The van der Waals surface area contributed by atoms with Crippen molar-refractivity contribution >= 4 is 23.4 Å². The predicted molar refractivity (Wildman–Crippen MR) is 79.1 cm³/mol. The number of rotatable bonds is 5. The van der Waals surface area contributed by atoms with Gasteiger partial charge in [-0.25, -0.2) is 9.59 Å². The van der Waals surface area contributed by atoms with Crippen LogP contribution in [-0.4, -0.2) is 17.2 Å². The molecular weight excluding hydrogens is 290 g/mol. The molecule has 0 spiro atoms. The number of carbonyl (C=O) groups excluding carboxylic acids is 1. The van der Waals surface area contributed by atoms with Crippen LogP contribution in [0.15, 0.2) is 47.8 Å². The Morgan fingerprint density at radius 3 is 2.52 bits per heavy atom. The van der Waals surface area contributed by atoms with Crippen LogP contribution in [0.5, 0.6) is 0 Å². The van der Waals surface area contributed by atoms with Crippen LogP contribution in [0.4, 0.5) is 4.79 Å². The van der Waals surface area contributed by atoms with Gasteiger partial charge in [-0.05, 0) is 23.9 Å². The fourth-order valence-corrected chi connectivity index (χ4v) is 2.58. The summed E-state index contributed by atoms with van der Waals surface area (Å²) in [5.74, 6) is -1.14. The number of amides is 1. The highest BCUT2D eigenvalue weighted by atomic mass is 32.1. The molecule has 5 nitrogen and oxygen atoms in total. The van der Waals surface area contributed by atoms with E-state index in [4.69, 9.17) is 4.74 Å². The summed E-state index contributed by atoms with van der Waals surface area (Å²) in [6, 6.07) is 12.6. The molecule has 0 fully saturated rings. The van der Waals surface area contributed by atoms with Crippen molar-refractivity contribution in [2.75, 3.05) is 0 Å². The Balaban J connectivity index is 2.01. The first-order valence-electron chi connectivity index (χ1n) is 6.28. The fraction of sp³-hybridized carbons (Fsp3) is 0.200. The third-order valence-corrected chi connectivity index (χ3v) is 4.10. The molecule has 0 aliphatic carbocycles. The van der Waals surface area contributed by atoms with E-state index < -0.39 is 17.6 Å². The van der Waals surface area contributed by atoms with Gasteiger partial charge in [-0.2, -0.15) is 0 Å². The van der Waals surface area contributed by atoms with Crippen molar-refractivity contribution in [2.24, 2.45) is 0 Å². The molecule has 6 heteroatoms. The van der Waals surface area contributed by atoms with Crippen LogP contribution >= 0.6 is 11.3 Å². The van der Waals surface area contributed by atoms with Crippen molar-refractivity contribution in [1.29, 1.82) is 0 Å². The number of carboxylic acids is 1. The van der Waals surface area contributed by atoms with E-state index in [1.807, 2.05) is 30.3 Å². The number of hydrogen-bond acceptors (Lipinski definition) is 4. The summed E-state index contributed by atoms with van der Waals surface area (Å²) in [6.45, 7) is 1.53. The average Bonchev–Trinajstić information content (AvgIpc) is 3.00. The lowest BCUT2D eigenvalue weighted by Crippen LogP contribution is -2.49. The first kappa shape index (κ1) is 15.1. The molecule has 1 aromatic heterocycles. The Kier molecular flexibility index (Phi) is 4.59. The molecule has 0 bridgehead atoms. The maximum atomic E-state index is 11.8. The summed E-state index contributed by atoms with van der Waals surface area (Å²) in [4.78, 5) is 23.8. The van der Waals surface area contributed by atoms with Gasteiger partial charge in [0.05, 0.1) is 0 Å². The summed E-state index contributed by atoms with van der Waals surface area (Å²) < 4.78 is 5.06. The summed E-state index contributed by atoms with van der Waals surface area (Å²) >= 11 is 1.26. The second kappa shape index (κ2) is 6.41. The summed E-state index contributed by atoms with van der Waals surface area (Å²) in [7, 11) is 0. The van der Waals surface area contributed by atoms with Crippen molar-refractivity contribution in [2.45, 2.75) is 19.1 Å². The summed E-state index contributed by atoms with van der Waals surface area (Å²) in [6.07, 6.45) is -0.767. The Bertz CT molecular complexity index is 612. The minimum Gasteiger partial charge on any atom is -0.479 e. The van der Waals surface area contributed by atoms with E-state index in [0.29, 0.717) is 4.88 Å². The molecule has 0 aliphatic rings. The van der Waals surface area contributed by atoms with Crippen molar-refractivity contribution < 1.29 is 19.4 Å². The molecule has 0 saturated heterocycles. The number of benzene rings is 1. The maximum absolute atomic E-state index is 11.8. The zero-order valence-corrected chi connectivity index (χ0v) is 12.2. The Labute approximate surface area is 126 Å². The van der Waals surface area contributed by atoms with E-state index in [0.717, 1.165) is 5.56 Å². The molecule has 1 heterocycles. The largest absolute Gasteiger partial charge is 0.479 e. The lowest BCUT2D eigenvalue weighted by atomic mass is 10.0. The van der Waals surface area contributed by atoms with Crippen LogP contribution in [0.1, 0.15) is 17.4 Å². The Hall–Kier alpha value is -2.34. The number of alkyl carbamates (subject to hydrolysis) is 1. The van der Waals surface area contributed by atoms with Crippen LogP contribution in [0.25, 0.3) is 0 Å². The molecule has 1 atom stereocenters. The highest BCUT2D eigenvalue weighted by molar-refractivity contribution is 7.10. The number of hydrogen-bond donors (Lipinski definition) is 2. The van der Waals surface area contributed by atoms with Gasteiger partial charge in [0, 0.05) is 4.88 Å². The van der Waals surface area contributed by atoms with Crippen LogP contribution in [-0.2, 0) is 21.7 Å². The lowest BCUT2D eigenvalue weighted by Gasteiger charge is -2.24. The van der Waals surface area contributed by atoms with Gasteiger partial charge in [0.2, 0.25) is 0 Å². The van der Waals surface area contributed by atoms with E-state index >= 15 is 0 Å². The zero-order valence-electron chi connectivity index (χ0n) is 11.4. The summed E-state index contributed by atoms with van der Waals surface area (Å²) in [5, 5.41) is 13.5. The molecule has 1 unspecified atom stereocenters. The van der Waals surface area contributed by atoms with Gasteiger partial charge < -0.3 is 15.2 Å². The molecule has 2 N–H and O–H groups in total. The van der Waals surface area contributed by atoms with Crippen LogP contribution < -0.4 is 5.32 Å². The van der Waals surface area contributed by atoms with Crippen molar-refractivity contribution in [1.82, 2.24) is 5.32 Å². The number of nitrogens with one attached hydrogen (secondary N) is 1. The van der Waals surface area contributed by atoms with Crippen molar-refractivity contribution in [3.8, 4) is 0 Å². The van der Waals surface area contributed by atoms with Gasteiger partial charge in [0.15, 0.2) is 5.54 Å². The molecular formula is C15H15NO4S. The number of ether oxygens (including phenoxy) is 1. The minimum atomic E-state index is -1.50.